The molecule has 0 aromatic heterocycles. The lowest BCUT2D eigenvalue weighted by atomic mass is 10.1. The normalized spacial score (nSPS) is 11.2. The molecule has 3 heteroatoms. The summed E-state index contributed by atoms with van der Waals surface area (Å²) in [6, 6.07) is 6.65. The summed E-state index contributed by atoms with van der Waals surface area (Å²) >= 11 is 0. The average Bonchev–Trinajstić information content (AvgIpc) is 2.27. The van der Waals surface area contributed by atoms with E-state index in [2.05, 4.69) is 4.74 Å². The van der Waals surface area contributed by atoms with Crippen molar-refractivity contribution in [2.45, 2.75) is 13.3 Å². The molecule has 0 saturated carbocycles. The topological polar surface area (TPSA) is 46.5 Å². The molecular weight excluding hydrogens is 192 g/mol. The molecule has 0 heterocycles. The third kappa shape index (κ3) is 3.13. The van der Waals surface area contributed by atoms with E-state index in [-0.39, 0.29) is 11.7 Å². The number of aromatic hydroxyl groups is 1. The molecule has 1 aromatic rings. The van der Waals surface area contributed by atoms with Crippen LogP contribution in [0.4, 0.5) is 0 Å². The number of rotatable bonds is 3. The second kappa shape index (κ2) is 5.20. The Kier molecular flexibility index (Phi) is 3.92. The fraction of sp³-hybridized carbons (Fsp3) is 0.250. The molecule has 80 valence electrons. The molecule has 0 radical (unpaired) electrons. The Morgan fingerprint density at radius 3 is 2.47 bits per heavy atom. The summed E-state index contributed by atoms with van der Waals surface area (Å²) in [6.45, 7) is 1.89. The first-order valence-electron chi connectivity index (χ1n) is 4.75. The van der Waals surface area contributed by atoms with E-state index in [9.17, 15) is 4.79 Å². The van der Waals surface area contributed by atoms with Gasteiger partial charge in [-0.25, -0.2) is 4.79 Å². The van der Waals surface area contributed by atoms with Crippen molar-refractivity contribution in [1.29, 1.82) is 0 Å². The highest BCUT2D eigenvalue weighted by atomic mass is 16.5. The summed E-state index contributed by atoms with van der Waals surface area (Å²) < 4.78 is 4.64. The van der Waals surface area contributed by atoms with Crippen LogP contribution in [0, 0.1) is 0 Å². The first kappa shape index (κ1) is 11.3. The van der Waals surface area contributed by atoms with E-state index in [1.807, 2.05) is 6.92 Å². The van der Waals surface area contributed by atoms with Crippen LogP contribution in [0.2, 0.25) is 0 Å². The molecule has 0 atom stereocenters. The Bertz CT molecular complexity index is 363. The number of benzene rings is 1. The lowest BCUT2D eigenvalue weighted by Gasteiger charge is -2.02. The number of phenols is 1. The van der Waals surface area contributed by atoms with Crippen molar-refractivity contribution in [2.24, 2.45) is 0 Å². The van der Waals surface area contributed by atoms with Crippen LogP contribution in [0.15, 0.2) is 29.8 Å². The summed E-state index contributed by atoms with van der Waals surface area (Å²) in [5.74, 6) is -0.103. The first-order valence-corrected chi connectivity index (χ1v) is 4.75. The van der Waals surface area contributed by atoms with Crippen molar-refractivity contribution in [1.82, 2.24) is 0 Å². The lowest BCUT2D eigenvalue weighted by molar-refractivity contribution is -0.136. The Hall–Kier alpha value is -1.77. The highest BCUT2D eigenvalue weighted by Crippen LogP contribution is 2.14. The van der Waals surface area contributed by atoms with Crippen molar-refractivity contribution < 1.29 is 14.6 Å². The standard InChI is InChI=1S/C12H14O3/c1-3-10(12(14)15-2)8-9-4-6-11(13)7-5-9/h4-8,13H,3H2,1-2H3. The Morgan fingerprint density at radius 1 is 1.40 bits per heavy atom. The van der Waals surface area contributed by atoms with E-state index in [4.69, 9.17) is 5.11 Å². The molecule has 0 aliphatic heterocycles. The van der Waals surface area contributed by atoms with Gasteiger partial charge in [0.1, 0.15) is 5.75 Å². The highest BCUT2D eigenvalue weighted by molar-refractivity contribution is 5.93. The number of hydrogen-bond donors (Lipinski definition) is 1. The molecule has 1 rings (SSSR count). The van der Waals surface area contributed by atoms with E-state index in [1.165, 1.54) is 7.11 Å². The molecule has 0 spiro atoms. The van der Waals surface area contributed by atoms with Crippen molar-refractivity contribution >= 4 is 12.0 Å². The molecule has 0 saturated heterocycles. The van der Waals surface area contributed by atoms with Gasteiger partial charge in [-0.2, -0.15) is 0 Å². The van der Waals surface area contributed by atoms with E-state index in [0.29, 0.717) is 12.0 Å². The predicted molar refractivity (Wildman–Crippen MR) is 58.4 cm³/mol. The monoisotopic (exact) mass is 206 g/mol. The maximum atomic E-state index is 11.3. The number of carbonyl (C=O) groups is 1. The van der Waals surface area contributed by atoms with E-state index < -0.39 is 0 Å². The smallest absolute Gasteiger partial charge is 0.333 e. The minimum Gasteiger partial charge on any atom is -0.508 e. The largest absolute Gasteiger partial charge is 0.508 e. The van der Waals surface area contributed by atoms with Gasteiger partial charge in [-0.15, -0.1) is 0 Å². The number of ether oxygens (including phenoxy) is 1. The van der Waals surface area contributed by atoms with Crippen LogP contribution in [0.25, 0.3) is 6.08 Å². The molecule has 0 aliphatic rings. The molecule has 3 nitrogen and oxygen atoms in total. The zero-order chi connectivity index (χ0) is 11.3. The summed E-state index contributed by atoms with van der Waals surface area (Å²) in [5.41, 5.74) is 1.48. The van der Waals surface area contributed by atoms with E-state index in [1.54, 1.807) is 30.3 Å². The van der Waals surface area contributed by atoms with Crippen molar-refractivity contribution in [2.75, 3.05) is 7.11 Å². The van der Waals surface area contributed by atoms with Crippen LogP contribution >= 0.6 is 0 Å². The molecule has 1 aromatic carbocycles. The molecule has 15 heavy (non-hydrogen) atoms. The maximum Gasteiger partial charge on any atom is 0.333 e. The minimum absolute atomic E-state index is 0.211. The number of carbonyl (C=O) groups excluding carboxylic acids is 1. The van der Waals surface area contributed by atoms with E-state index >= 15 is 0 Å². The van der Waals surface area contributed by atoms with Crippen molar-refractivity contribution in [3.05, 3.63) is 35.4 Å². The Morgan fingerprint density at radius 2 is 2.00 bits per heavy atom. The third-order valence-corrected chi connectivity index (χ3v) is 2.06. The second-order valence-electron chi connectivity index (χ2n) is 3.11. The van der Waals surface area contributed by atoms with Gasteiger partial charge in [-0.1, -0.05) is 19.1 Å². The van der Waals surface area contributed by atoms with Gasteiger partial charge < -0.3 is 9.84 Å². The summed E-state index contributed by atoms with van der Waals surface area (Å²) in [6.07, 6.45) is 2.37. The van der Waals surface area contributed by atoms with Crippen LogP contribution in [0.3, 0.4) is 0 Å². The number of hydrogen-bond acceptors (Lipinski definition) is 3. The molecule has 1 N–H and O–H groups in total. The zero-order valence-electron chi connectivity index (χ0n) is 8.86. The number of esters is 1. The Balaban J connectivity index is 2.93. The molecular formula is C12H14O3. The van der Waals surface area contributed by atoms with Crippen molar-refractivity contribution in [3.8, 4) is 5.75 Å². The third-order valence-electron chi connectivity index (χ3n) is 2.06. The van der Waals surface area contributed by atoms with Gasteiger partial charge in [0, 0.05) is 5.57 Å². The number of methoxy groups -OCH3 is 1. The molecule has 0 fully saturated rings. The van der Waals surface area contributed by atoms with Gasteiger partial charge in [-0.05, 0) is 30.2 Å². The van der Waals surface area contributed by atoms with Gasteiger partial charge in [0.2, 0.25) is 0 Å². The zero-order valence-corrected chi connectivity index (χ0v) is 8.86. The maximum absolute atomic E-state index is 11.3. The van der Waals surface area contributed by atoms with Crippen LogP contribution in [-0.2, 0) is 9.53 Å². The average molecular weight is 206 g/mol. The molecule has 0 unspecified atom stereocenters. The van der Waals surface area contributed by atoms with Gasteiger partial charge in [0.05, 0.1) is 7.11 Å². The quantitative estimate of drug-likeness (QED) is 0.610. The van der Waals surface area contributed by atoms with Crippen molar-refractivity contribution in [3.63, 3.8) is 0 Å². The van der Waals surface area contributed by atoms with Gasteiger partial charge in [0.15, 0.2) is 0 Å². The van der Waals surface area contributed by atoms with Gasteiger partial charge >= 0.3 is 5.97 Å². The predicted octanol–water partition coefficient (Wildman–Crippen LogP) is 2.36. The first-order chi connectivity index (χ1) is 7.17. The summed E-state index contributed by atoms with van der Waals surface area (Å²) in [7, 11) is 1.36. The fourth-order valence-electron chi connectivity index (χ4n) is 1.21. The summed E-state index contributed by atoms with van der Waals surface area (Å²) in [5, 5.41) is 9.09. The molecule has 0 amide bonds. The van der Waals surface area contributed by atoms with Gasteiger partial charge in [0.25, 0.3) is 0 Å². The highest BCUT2D eigenvalue weighted by Gasteiger charge is 2.06. The second-order valence-corrected chi connectivity index (χ2v) is 3.11. The summed E-state index contributed by atoms with van der Waals surface area (Å²) in [4.78, 5) is 11.3. The molecule has 0 bridgehead atoms. The van der Waals surface area contributed by atoms with Crippen LogP contribution in [0.5, 0.6) is 5.75 Å². The Labute approximate surface area is 89.0 Å². The lowest BCUT2D eigenvalue weighted by Crippen LogP contribution is -2.03. The number of phenolic OH excluding ortho intramolecular Hbond substituents is 1. The van der Waals surface area contributed by atoms with Crippen LogP contribution < -0.4 is 0 Å². The minimum atomic E-state index is -0.314. The van der Waals surface area contributed by atoms with Gasteiger partial charge in [-0.3, -0.25) is 0 Å². The molecule has 0 aliphatic carbocycles. The van der Waals surface area contributed by atoms with Crippen LogP contribution in [0.1, 0.15) is 18.9 Å². The SMILES string of the molecule is CCC(=Cc1ccc(O)cc1)C(=O)OC. The van der Waals surface area contributed by atoms with E-state index in [0.717, 1.165) is 5.56 Å². The fourth-order valence-corrected chi connectivity index (χ4v) is 1.21. The van der Waals surface area contributed by atoms with Crippen LogP contribution in [-0.4, -0.2) is 18.2 Å².